The van der Waals surface area contributed by atoms with Crippen LogP contribution in [-0.2, 0) is 13.5 Å². The van der Waals surface area contributed by atoms with Crippen molar-refractivity contribution < 1.29 is 19.3 Å². The Labute approximate surface area is 146 Å². The normalized spacial score (nSPS) is 12.2. The van der Waals surface area contributed by atoms with Crippen molar-refractivity contribution in [3.63, 3.8) is 0 Å². The van der Waals surface area contributed by atoms with Gasteiger partial charge in [-0.2, -0.15) is 0 Å². The zero-order chi connectivity index (χ0) is 18.0. The average Bonchev–Trinajstić information content (AvgIpc) is 2.96. The number of aromatic nitrogens is 2. The van der Waals surface area contributed by atoms with Crippen molar-refractivity contribution >= 4 is 11.0 Å². The topological polar surface area (TPSA) is 65.7 Å². The number of benzene rings is 2. The molecular weight excluding hydrogens is 320 g/mol. The van der Waals surface area contributed by atoms with Gasteiger partial charge in [-0.25, -0.2) is 4.98 Å². The molecule has 1 atom stereocenters. The fourth-order valence-corrected chi connectivity index (χ4v) is 2.96. The van der Waals surface area contributed by atoms with Crippen molar-refractivity contribution in [2.75, 3.05) is 21.3 Å². The maximum Gasteiger partial charge on any atom is 0.203 e. The van der Waals surface area contributed by atoms with Crippen LogP contribution in [0.5, 0.6) is 17.2 Å². The molecule has 132 valence electrons. The SMILES string of the molecule is COc1cc([C@H](O)Cc2nc3ccccc3n2C)cc(OC)c1OC. The van der Waals surface area contributed by atoms with Crippen LogP contribution >= 0.6 is 0 Å². The van der Waals surface area contributed by atoms with Crippen LogP contribution in [0.2, 0.25) is 0 Å². The fourth-order valence-electron chi connectivity index (χ4n) is 2.96. The van der Waals surface area contributed by atoms with Crippen LogP contribution in [0.1, 0.15) is 17.5 Å². The number of hydrogen-bond donors (Lipinski definition) is 1. The standard InChI is InChI=1S/C19H22N2O4/c1-21-14-8-6-5-7-13(14)20-18(21)11-15(22)12-9-16(23-2)19(25-4)17(10-12)24-3/h5-10,15,22H,11H2,1-4H3/t15-/m1/s1. The number of aryl methyl sites for hydroxylation is 1. The summed E-state index contributed by atoms with van der Waals surface area (Å²) in [6.45, 7) is 0. The number of aliphatic hydroxyl groups is 1. The van der Waals surface area contributed by atoms with Gasteiger partial charge in [0.05, 0.1) is 38.5 Å². The fraction of sp³-hybridized carbons (Fsp3) is 0.316. The van der Waals surface area contributed by atoms with Crippen LogP contribution in [0, 0.1) is 0 Å². The smallest absolute Gasteiger partial charge is 0.203 e. The molecule has 1 aromatic heterocycles. The summed E-state index contributed by atoms with van der Waals surface area (Å²) >= 11 is 0. The highest BCUT2D eigenvalue weighted by Gasteiger charge is 2.19. The molecule has 0 saturated heterocycles. The van der Waals surface area contributed by atoms with E-state index >= 15 is 0 Å². The van der Waals surface area contributed by atoms with Crippen molar-refractivity contribution in [3.8, 4) is 17.2 Å². The van der Waals surface area contributed by atoms with Gasteiger partial charge in [0.15, 0.2) is 11.5 Å². The molecule has 0 spiro atoms. The van der Waals surface area contributed by atoms with Gasteiger partial charge in [-0.3, -0.25) is 0 Å². The van der Waals surface area contributed by atoms with E-state index < -0.39 is 6.10 Å². The lowest BCUT2D eigenvalue weighted by Gasteiger charge is -2.17. The van der Waals surface area contributed by atoms with E-state index in [2.05, 4.69) is 4.98 Å². The Bertz CT molecular complexity index is 863. The number of para-hydroxylation sites is 2. The summed E-state index contributed by atoms with van der Waals surface area (Å²) in [5.41, 5.74) is 2.63. The average molecular weight is 342 g/mol. The number of methoxy groups -OCH3 is 3. The van der Waals surface area contributed by atoms with Crippen LogP contribution in [0.25, 0.3) is 11.0 Å². The van der Waals surface area contributed by atoms with E-state index in [9.17, 15) is 5.11 Å². The van der Waals surface area contributed by atoms with Crippen LogP contribution < -0.4 is 14.2 Å². The largest absolute Gasteiger partial charge is 0.493 e. The summed E-state index contributed by atoms with van der Waals surface area (Å²) in [5.74, 6) is 2.34. The molecule has 0 amide bonds. The lowest BCUT2D eigenvalue weighted by atomic mass is 10.0. The van der Waals surface area contributed by atoms with Gasteiger partial charge >= 0.3 is 0 Å². The number of rotatable bonds is 6. The summed E-state index contributed by atoms with van der Waals surface area (Å²) < 4.78 is 18.0. The number of aliphatic hydroxyl groups excluding tert-OH is 1. The minimum absolute atomic E-state index is 0.379. The highest BCUT2D eigenvalue weighted by Crippen LogP contribution is 2.40. The Morgan fingerprint density at radius 1 is 1.04 bits per heavy atom. The molecule has 0 unspecified atom stereocenters. The molecule has 0 aliphatic rings. The third-order valence-electron chi connectivity index (χ3n) is 4.33. The Morgan fingerprint density at radius 2 is 1.68 bits per heavy atom. The van der Waals surface area contributed by atoms with Crippen LogP contribution in [-0.4, -0.2) is 36.0 Å². The molecule has 0 radical (unpaired) electrons. The molecule has 0 saturated carbocycles. The number of nitrogens with zero attached hydrogens (tertiary/aromatic N) is 2. The summed E-state index contributed by atoms with van der Waals surface area (Å²) in [6, 6.07) is 11.4. The molecule has 1 heterocycles. The maximum absolute atomic E-state index is 10.7. The van der Waals surface area contributed by atoms with E-state index in [-0.39, 0.29) is 0 Å². The number of fused-ring (bicyclic) bond motifs is 1. The maximum atomic E-state index is 10.7. The van der Waals surface area contributed by atoms with E-state index in [0.29, 0.717) is 29.2 Å². The van der Waals surface area contributed by atoms with Crippen LogP contribution in [0.15, 0.2) is 36.4 Å². The first-order valence-electron chi connectivity index (χ1n) is 7.97. The second-order valence-corrected chi connectivity index (χ2v) is 5.75. The highest BCUT2D eigenvalue weighted by molar-refractivity contribution is 5.75. The van der Waals surface area contributed by atoms with Gasteiger partial charge in [0, 0.05) is 13.5 Å². The molecule has 0 bridgehead atoms. The number of imidazole rings is 1. The Hall–Kier alpha value is -2.73. The van der Waals surface area contributed by atoms with Crippen LogP contribution in [0.4, 0.5) is 0 Å². The number of hydrogen-bond acceptors (Lipinski definition) is 5. The Balaban J connectivity index is 1.94. The van der Waals surface area contributed by atoms with E-state index in [0.717, 1.165) is 16.9 Å². The lowest BCUT2D eigenvalue weighted by Crippen LogP contribution is -2.08. The van der Waals surface area contributed by atoms with Gasteiger partial charge in [0.2, 0.25) is 5.75 Å². The quantitative estimate of drug-likeness (QED) is 0.746. The molecule has 6 nitrogen and oxygen atoms in total. The molecule has 3 aromatic rings. The summed E-state index contributed by atoms with van der Waals surface area (Å²) in [6.07, 6.45) is -0.367. The first-order chi connectivity index (χ1) is 12.1. The Kier molecular flexibility index (Phi) is 4.81. The summed E-state index contributed by atoms with van der Waals surface area (Å²) in [5, 5.41) is 10.7. The second kappa shape index (κ2) is 7.03. The molecule has 3 rings (SSSR count). The molecule has 1 N–H and O–H groups in total. The zero-order valence-electron chi connectivity index (χ0n) is 14.8. The van der Waals surface area contributed by atoms with E-state index in [1.54, 1.807) is 33.5 Å². The third kappa shape index (κ3) is 3.13. The summed E-state index contributed by atoms with van der Waals surface area (Å²) in [7, 11) is 6.61. The molecule has 0 fully saturated rings. The molecule has 6 heteroatoms. The molecule has 0 aliphatic heterocycles. The molecule has 0 aliphatic carbocycles. The summed E-state index contributed by atoms with van der Waals surface area (Å²) in [4.78, 5) is 4.61. The first kappa shape index (κ1) is 17.1. The van der Waals surface area contributed by atoms with Gasteiger partial charge in [0.25, 0.3) is 0 Å². The van der Waals surface area contributed by atoms with Gasteiger partial charge in [0.1, 0.15) is 5.82 Å². The Morgan fingerprint density at radius 3 is 2.24 bits per heavy atom. The van der Waals surface area contributed by atoms with Gasteiger partial charge in [-0.1, -0.05) is 12.1 Å². The van der Waals surface area contributed by atoms with Crippen molar-refractivity contribution in [2.45, 2.75) is 12.5 Å². The molecule has 2 aromatic carbocycles. The van der Waals surface area contributed by atoms with Crippen molar-refractivity contribution in [1.82, 2.24) is 9.55 Å². The van der Waals surface area contributed by atoms with E-state index in [1.807, 2.05) is 35.9 Å². The van der Waals surface area contributed by atoms with Gasteiger partial charge in [-0.15, -0.1) is 0 Å². The third-order valence-corrected chi connectivity index (χ3v) is 4.33. The van der Waals surface area contributed by atoms with Gasteiger partial charge < -0.3 is 23.9 Å². The van der Waals surface area contributed by atoms with Crippen molar-refractivity contribution in [2.24, 2.45) is 7.05 Å². The zero-order valence-corrected chi connectivity index (χ0v) is 14.8. The van der Waals surface area contributed by atoms with Crippen LogP contribution in [0.3, 0.4) is 0 Å². The predicted molar refractivity (Wildman–Crippen MR) is 95.5 cm³/mol. The molecule has 25 heavy (non-hydrogen) atoms. The second-order valence-electron chi connectivity index (χ2n) is 5.75. The first-order valence-corrected chi connectivity index (χ1v) is 7.97. The monoisotopic (exact) mass is 342 g/mol. The minimum atomic E-state index is -0.746. The highest BCUT2D eigenvalue weighted by atomic mass is 16.5. The predicted octanol–water partition coefficient (Wildman–Crippen LogP) is 2.88. The molecular formula is C19H22N2O4. The van der Waals surface area contributed by atoms with E-state index in [4.69, 9.17) is 14.2 Å². The van der Waals surface area contributed by atoms with Gasteiger partial charge in [-0.05, 0) is 29.8 Å². The van der Waals surface area contributed by atoms with Crippen molar-refractivity contribution in [1.29, 1.82) is 0 Å². The van der Waals surface area contributed by atoms with E-state index in [1.165, 1.54) is 0 Å². The van der Waals surface area contributed by atoms with Crippen molar-refractivity contribution in [3.05, 3.63) is 47.8 Å². The lowest BCUT2D eigenvalue weighted by molar-refractivity contribution is 0.174. The minimum Gasteiger partial charge on any atom is -0.493 e. The number of ether oxygens (including phenoxy) is 3.